The molecule has 2 rings (SSSR count). The molecule has 0 aromatic heterocycles. The highest BCUT2D eigenvalue weighted by atomic mass is 79.9. The van der Waals surface area contributed by atoms with Gasteiger partial charge in [-0.1, -0.05) is 15.9 Å². The smallest absolute Gasteiger partial charge is 0.307 e. The maximum atomic E-state index is 12.4. The normalized spacial score (nSPS) is 20.1. The fraction of sp³-hybridized carbons (Fsp3) is 0.500. The Kier molecular flexibility index (Phi) is 5.83. The van der Waals surface area contributed by atoms with E-state index in [-0.39, 0.29) is 11.8 Å². The van der Waals surface area contributed by atoms with Gasteiger partial charge in [-0.05, 0) is 44.0 Å². The molecule has 1 fully saturated rings. The highest BCUT2D eigenvalue weighted by molar-refractivity contribution is 9.10. The number of ether oxygens (including phenoxy) is 1. The lowest BCUT2D eigenvalue weighted by Crippen LogP contribution is -2.47. The average Bonchev–Trinajstić information content (AvgIpc) is 2.43. The quantitative estimate of drug-likeness (QED) is 0.802. The minimum atomic E-state index is -0.869. The van der Waals surface area contributed by atoms with E-state index in [1.165, 1.54) is 0 Å². The molecule has 0 heterocycles. The molecule has 2 atom stereocenters. The fourth-order valence-electron chi connectivity index (χ4n) is 2.55. The topological polar surface area (TPSA) is 66.8 Å². The molecule has 22 heavy (non-hydrogen) atoms. The molecule has 0 radical (unpaired) electrons. The Labute approximate surface area is 138 Å². The molecule has 1 N–H and O–H groups in total. The summed E-state index contributed by atoms with van der Waals surface area (Å²) in [6.07, 6.45) is 1.26. The van der Waals surface area contributed by atoms with Gasteiger partial charge in [0, 0.05) is 11.0 Å². The van der Waals surface area contributed by atoms with E-state index in [2.05, 4.69) is 15.9 Å². The summed E-state index contributed by atoms with van der Waals surface area (Å²) in [5.41, 5.74) is 0. The largest absolute Gasteiger partial charge is 0.492 e. The van der Waals surface area contributed by atoms with Gasteiger partial charge in [0.05, 0.1) is 18.4 Å². The average molecular weight is 370 g/mol. The highest BCUT2D eigenvalue weighted by Crippen LogP contribution is 2.35. The summed E-state index contributed by atoms with van der Waals surface area (Å²) in [5.74, 6) is -1.08. The number of hydrogen-bond donors (Lipinski definition) is 1. The number of aliphatic carboxylic acids is 1. The number of nitrogens with zero attached hydrogens (tertiary/aromatic N) is 1. The van der Waals surface area contributed by atoms with E-state index in [4.69, 9.17) is 9.84 Å². The molecule has 1 aliphatic carbocycles. The van der Waals surface area contributed by atoms with Crippen LogP contribution < -0.4 is 4.74 Å². The zero-order chi connectivity index (χ0) is 16.1. The van der Waals surface area contributed by atoms with Gasteiger partial charge in [-0.15, -0.1) is 0 Å². The lowest BCUT2D eigenvalue weighted by molar-refractivity contribution is -0.156. The summed E-state index contributed by atoms with van der Waals surface area (Å²) in [6, 6.07) is 7.50. The van der Waals surface area contributed by atoms with Crippen LogP contribution in [0.1, 0.15) is 19.8 Å². The van der Waals surface area contributed by atoms with Crippen LogP contribution in [0.15, 0.2) is 28.7 Å². The summed E-state index contributed by atoms with van der Waals surface area (Å²) in [6.45, 7) is 3.32. The third kappa shape index (κ3) is 4.00. The summed E-state index contributed by atoms with van der Waals surface area (Å²) < 4.78 is 6.60. The van der Waals surface area contributed by atoms with E-state index in [0.717, 1.165) is 10.2 Å². The zero-order valence-corrected chi connectivity index (χ0v) is 14.1. The first-order valence-corrected chi connectivity index (χ1v) is 8.22. The predicted octanol–water partition coefficient (Wildman–Crippen LogP) is 2.79. The summed E-state index contributed by atoms with van der Waals surface area (Å²) in [5, 5.41) is 9.05. The third-order valence-electron chi connectivity index (χ3n) is 4.05. The number of carboxylic acids is 1. The van der Waals surface area contributed by atoms with E-state index in [1.807, 2.05) is 31.2 Å². The summed E-state index contributed by atoms with van der Waals surface area (Å²) >= 11 is 3.36. The second kappa shape index (κ2) is 7.63. The van der Waals surface area contributed by atoms with E-state index in [1.54, 1.807) is 4.90 Å². The number of likely N-dealkylation sites (N-methyl/N-ethyl adjacent to an activating group) is 1. The molecule has 0 saturated heterocycles. The molecule has 1 aliphatic rings. The van der Waals surface area contributed by atoms with Gasteiger partial charge in [-0.3, -0.25) is 9.59 Å². The van der Waals surface area contributed by atoms with Gasteiger partial charge in [-0.2, -0.15) is 0 Å². The molecule has 1 aromatic rings. The van der Waals surface area contributed by atoms with Crippen LogP contribution in [0.4, 0.5) is 0 Å². The predicted molar refractivity (Wildman–Crippen MR) is 85.7 cm³/mol. The van der Waals surface area contributed by atoms with Crippen LogP contribution in [0.3, 0.4) is 0 Å². The van der Waals surface area contributed by atoms with Crippen molar-refractivity contribution in [2.45, 2.75) is 19.8 Å². The van der Waals surface area contributed by atoms with Gasteiger partial charge < -0.3 is 14.7 Å². The number of benzene rings is 1. The zero-order valence-electron chi connectivity index (χ0n) is 12.5. The lowest BCUT2D eigenvalue weighted by Gasteiger charge is -2.36. The van der Waals surface area contributed by atoms with Crippen LogP contribution in [0.25, 0.3) is 0 Å². The molecule has 0 bridgehead atoms. The summed E-state index contributed by atoms with van der Waals surface area (Å²) in [7, 11) is 0. The summed E-state index contributed by atoms with van der Waals surface area (Å²) in [4.78, 5) is 25.1. The minimum Gasteiger partial charge on any atom is -0.492 e. The van der Waals surface area contributed by atoms with Crippen LogP contribution in [0, 0.1) is 11.8 Å². The first-order valence-electron chi connectivity index (χ1n) is 7.43. The van der Waals surface area contributed by atoms with E-state index in [9.17, 15) is 9.59 Å². The standard InChI is InChI=1S/C16H20BrNO4/c1-2-18(15(19)13-7-8-14(13)16(20)21)9-10-22-12-5-3-11(17)4-6-12/h3-6,13-14H,2,7-10H2,1H3,(H,20,21). The molecule has 1 amide bonds. The van der Waals surface area contributed by atoms with Crippen molar-refractivity contribution in [2.75, 3.05) is 19.7 Å². The lowest BCUT2D eigenvalue weighted by atomic mass is 9.73. The molecule has 0 aliphatic heterocycles. The van der Waals surface area contributed by atoms with Crippen LogP contribution in [-0.2, 0) is 9.59 Å². The van der Waals surface area contributed by atoms with Gasteiger partial charge in [0.1, 0.15) is 12.4 Å². The second-order valence-corrected chi connectivity index (χ2v) is 6.26. The monoisotopic (exact) mass is 369 g/mol. The maximum Gasteiger partial charge on any atom is 0.307 e. The van der Waals surface area contributed by atoms with Crippen molar-refractivity contribution < 1.29 is 19.4 Å². The van der Waals surface area contributed by atoms with Crippen LogP contribution in [-0.4, -0.2) is 41.6 Å². The van der Waals surface area contributed by atoms with Crippen molar-refractivity contribution >= 4 is 27.8 Å². The molecule has 0 spiro atoms. The van der Waals surface area contributed by atoms with Crippen molar-refractivity contribution in [2.24, 2.45) is 11.8 Å². The number of amides is 1. The number of halogens is 1. The number of rotatable bonds is 7. The van der Waals surface area contributed by atoms with Crippen molar-refractivity contribution in [1.82, 2.24) is 4.90 Å². The Balaban J connectivity index is 1.83. The Bertz CT molecular complexity index is 531. The first kappa shape index (κ1) is 16.8. The molecule has 6 heteroatoms. The van der Waals surface area contributed by atoms with Gasteiger partial charge in [0.15, 0.2) is 0 Å². The van der Waals surface area contributed by atoms with E-state index < -0.39 is 11.9 Å². The Morgan fingerprint density at radius 1 is 1.27 bits per heavy atom. The van der Waals surface area contributed by atoms with Gasteiger partial charge >= 0.3 is 5.97 Å². The maximum absolute atomic E-state index is 12.4. The first-order chi connectivity index (χ1) is 10.5. The van der Waals surface area contributed by atoms with Crippen LogP contribution in [0.2, 0.25) is 0 Å². The number of carbonyl (C=O) groups excluding carboxylic acids is 1. The minimum absolute atomic E-state index is 0.0689. The van der Waals surface area contributed by atoms with Crippen LogP contribution >= 0.6 is 15.9 Å². The van der Waals surface area contributed by atoms with Crippen molar-refractivity contribution in [1.29, 1.82) is 0 Å². The number of carbonyl (C=O) groups is 2. The van der Waals surface area contributed by atoms with E-state index in [0.29, 0.717) is 32.5 Å². The van der Waals surface area contributed by atoms with Gasteiger partial charge in [-0.25, -0.2) is 0 Å². The Hall–Kier alpha value is -1.56. The SMILES string of the molecule is CCN(CCOc1ccc(Br)cc1)C(=O)C1CCC1C(=O)O. The molecule has 5 nitrogen and oxygen atoms in total. The van der Waals surface area contributed by atoms with Gasteiger partial charge in [0.25, 0.3) is 0 Å². The molecule has 2 unspecified atom stereocenters. The van der Waals surface area contributed by atoms with Gasteiger partial charge in [0.2, 0.25) is 5.91 Å². The molecular formula is C16H20BrNO4. The fourth-order valence-corrected chi connectivity index (χ4v) is 2.82. The molecule has 1 saturated carbocycles. The Morgan fingerprint density at radius 2 is 1.91 bits per heavy atom. The Morgan fingerprint density at radius 3 is 2.41 bits per heavy atom. The molecule has 120 valence electrons. The van der Waals surface area contributed by atoms with Crippen molar-refractivity contribution in [3.05, 3.63) is 28.7 Å². The third-order valence-corrected chi connectivity index (χ3v) is 4.57. The highest BCUT2D eigenvalue weighted by Gasteiger charge is 2.42. The molecular weight excluding hydrogens is 350 g/mol. The molecule has 1 aromatic carbocycles. The van der Waals surface area contributed by atoms with Crippen molar-refractivity contribution in [3.8, 4) is 5.75 Å². The number of hydrogen-bond acceptors (Lipinski definition) is 3. The number of carboxylic acid groups (broad SMARTS) is 1. The van der Waals surface area contributed by atoms with Crippen LogP contribution in [0.5, 0.6) is 5.75 Å². The van der Waals surface area contributed by atoms with E-state index >= 15 is 0 Å². The second-order valence-electron chi connectivity index (χ2n) is 5.35. The van der Waals surface area contributed by atoms with Crippen molar-refractivity contribution in [3.63, 3.8) is 0 Å².